The van der Waals surface area contributed by atoms with Crippen LogP contribution >= 0.6 is 0 Å². The molecule has 0 bridgehead atoms. The summed E-state index contributed by atoms with van der Waals surface area (Å²) in [4.78, 5) is 7.00. The van der Waals surface area contributed by atoms with Crippen LogP contribution < -0.4 is 20.2 Å². The Bertz CT molecular complexity index is 1570. The van der Waals surface area contributed by atoms with Crippen molar-refractivity contribution in [1.29, 1.82) is 0 Å². The van der Waals surface area contributed by atoms with E-state index in [0.717, 1.165) is 38.7 Å². The van der Waals surface area contributed by atoms with Gasteiger partial charge >= 0.3 is 20.6 Å². The number of para-hydroxylation sites is 2. The Hall–Kier alpha value is -3.29. The molecule has 0 amide bonds. The third-order valence-electron chi connectivity index (χ3n) is 5.16. The van der Waals surface area contributed by atoms with E-state index < -0.39 is 20.6 Å². The summed E-state index contributed by atoms with van der Waals surface area (Å²) >= 11 is 0. The van der Waals surface area contributed by atoms with Crippen molar-refractivity contribution < 1.29 is 90.6 Å². The topological polar surface area (TPSA) is 247 Å². The quantitative estimate of drug-likeness (QED) is 0.151. The number of benzene rings is 4. The van der Waals surface area contributed by atoms with Crippen molar-refractivity contribution in [3.63, 3.8) is 0 Å². The van der Waals surface area contributed by atoms with Gasteiger partial charge in [0.2, 0.25) is 0 Å². The number of hydrogen-bond donors (Lipinski definition) is 2. The van der Waals surface area contributed by atoms with Gasteiger partial charge in [0.25, 0.3) is 0 Å². The van der Waals surface area contributed by atoms with Crippen LogP contribution in [0.3, 0.4) is 0 Å². The first-order valence-electron chi connectivity index (χ1n) is 17.2. The minimum atomic E-state index is -3.66. The standard InChI is InChI=1S/2C13H12N.2C2H2N3.3C2H6.2CH5NO3S.2Y/c2*1-3-7-12(8-4-1)11-14-13-9-5-2-6-10-13;2*1-3-2-5-4-1;3*1-2;2*1-5-6(2,3)4;;/h2*1-10H,11H2;2*1-2H;3*1-2H3;2*1H3,(H2,2,3,4);;/q4*-1;;;;;;;. The van der Waals surface area contributed by atoms with Crippen LogP contribution in [0.4, 0.5) is 11.4 Å². The van der Waals surface area contributed by atoms with Gasteiger partial charge in [-0.15, -0.1) is 24.5 Å². The van der Waals surface area contributed by atoms with Gasteiger partial charge in [0.15, 0.2) is 0 Å². The molecule has 0 saturated carbocycles. The van der Waals surface area contributed by atoms with Crippen LogP contribution in [-0.4, -0.2) is 51.4 Å². The Morgan fingerprint density at radius 2 is 0.672 bits per heavy atom. The van der Waals surface area contributed by atoms with Crippen molar-refractivity contribution in [2.75, 3.05) is 14.2 Å². The van der Waals surface area contributed by atoms with Gasteiger partial charge in [-0.25, -0.2) is 10.3 Å². The summed E-state index contributed by atoms with van der Waals surface area (Å²) in [5.41, 5.74) is 4.57. The second-order valence-corrected chi connectivity index (χ2v) is 11.5. The maximum atomic E-state index is 9.56. The minimum Gasteiger partial charge on any atom is -0.681 e. The first-order chi connectivity index (χ1) is 27.0. The third-order valence-corrected chi connectivity index (χ3v) is 6.09. The molecule has 0 spiro atoms. The van der Waals surface area contributed by atoms with Gasteiger partial charge in [-0.3, -0.25) is 8.37 Å². The molecule has 0 aliphatic rings. The Balaban J connectivity index is -0.000000197. The van der Waals surface area contributed by atoms with E-state index in [1.807, 2.05) is 139 Å². The summed E-state index contributed by atoms with van der Waals surface area (Å²) in [6, 6.07) is 40.6. The smallest absolute Gasteiger partial charge is 0.333 e. The van der Waals surface area contributed by atoms with Gasteiger partial charge in [-0.1, -0.05) is 174 Å². The molecule has 0 atom stereocenters. The van der Waals surface area contributed by atoms with Crippen LogP contribution in [0.25, 0.3) is 10.6 Å². The summed E-state index contributed by atoms with van der Waals surface area (Å²) in [6.45, 7) is 13.5. The molecule has 16 nitrogen and oxygen atoms in total. The maximum Gasteiger partial charge on any atom is 0.333 e. The van der Waals surface area contributed by atoms with Gasteiger partial charge < -0.3 is 41.0 Å². The molecule has 6 aromatic rings. The van der Waals surface area contributed by atoms with Crippen molar-refractivity contribution in [3.05, 3.63) is 168 Å². The average molecular weight is 991 g/mol. The van der Waals surface area contributed by atoms with Crippen LogP contribution in [0.1, 0.15) is 52.7 Å². The molecule has 4 aromatic carbocycles. The normalized spacial score (nSPS) is 8.79. The Morgan fingerprint density at radius 1 is 0.466 bits per heavy atom. The van der Waals surface area contributed by atoms with Crippen LogP contribution in [0.5, 0.6) is 0 Å². The van der Waals surface area contributed by atoms with E-state index in [9.17, 15) is 16.8 Å². The number of hydrogen-bond acceptors (Lipinski definition) is 10. The van der Waals surface area contributed by atoms with Gasteiger partial charge in [-0.05, 0) is 25.3 Å². The van der Waals surface area contributed by atoms with E-state index in [0.29, 0.717) is 0 Å². The Kier molecular flexibility index (Phi) is 51.1. The predicted molar refractivity (Wildman–Crippen MR) is 224 cm³/mol. The van der Waals surface area contributed by atoms with E-state index in [2.05, 4.69) is 83.9 Å². The van der Waals surface area contributed by atoms with E-state index in [-0.39, 0.29) is 65.4 Å². The molecule has 0 aliphatic carbocycles. The molecule has 4 N–H and O–H groups in total. The Morgan fingerprint density at radius 3 is 0.845 bits per heavy atom. The van der Waals surface area contributed by atoms with Crippen molar-refractivity contribution in [3.8, 4) is 0 Å². The molecule has 0 saturated heterocycles. The van der Waals surface area contributed by atoms with Crippen molar-refractivity contribution in [2.24, 2.45) is 10.3 Å². The second kappa shape index (κ2) is 46.4. The fraction of sp³-hybridized carbons (Fsp3) is 0.263. The molecule has 2 aromatic heterocycles. The molecule has 2 heterocycles. The van der Waals surface area contributed by atoms with Crippen LogP contribution in [-0.2, 0) is 107 Å². The number of aromatic nitrogens is 6. The summed E-state index contributed by atoms with van der Waals surface area (Å²) in [6.07, 6.45) is 5.56. The first-order valence-corrected chi connectivity index (χ1v) is 20.1. The van der Waals surface area contributed by atoms with Crippen LogP contribution in [0.15, 0.2) is 147 Å². The summed E-state index contributed by atoms with van der Waals surface area (Å²) < 4.78 is 45.6. The SMILES string of the molecule is CC.CC.CC.COS(N)(=O)=O.COS(N)(=O)=O.[Y].[Y].c1ccc(C[N-]c2ccccc2)cc1.c1ccc(C[N-]c2ccccc2)cc1.c1nnc[n-]1.c1nnc[n-]1. The minimum absolute atomic E-state index is 0. The second-order valence-electron chi connectivity index (χ2n) is 8.82. The Labute approximate surface area is 396 Å². The average Bonchev–Trinajstić information content (AvgIpc) is 4.05. The van der Waals surface area contributed by atoms with E-state index in [1.165, 1.54) is 36.4 Å². The fourth-order valence-electron chi connectivity index (χ4n) is 2.90. The molecule has 58 heavy (non-hydrogen) atoms. The summed E-state index contributed by atoms with van der Waals surface area (Å²) in [7, 11) is -5.33. The first kappa shape index (κ1) is 63.9. The van der Waals surface area contributed by atoms with Gasteiger partial charge in [0, 0.05) is 65.4 Å². The van der Waals surface area contributed by atoms with Gasteiger partial charge in [-0.2, -0.15) is 16.8 Å². The van der Waals surface area contributed by atoms with Crippen LogP contribution in [0, 0.1) is 0 Å². The molecular weight excluding hydrogens is 934 g/mol. The zero-order valence-electron chi connectivity index (χ0n) is 34.4. The van der Waals surface area contributed by atoms with Crippen molar-refractivity contribution in [2.45, 2.75) is 54.6 Å². The molecule has 0 fully saturated rings. The zero-order chi connectivity index (χ0) is 42.8. The van der Waals surface area contributed by atoms with E-state index in [1.54, 1.807) is 0 Å². The van der Waals surface area contributed by atoms with Crippen molar-refractivity contribution >= 4 is 32.0 Å². The van der Waals surface area contributed by atoms with Gasteiger partial charge in [0.1, 0.15) is 0 Å². The molecule has 2 radical (unpaired) electrons. The summed E-state index contributed by atoms with van der Waals surface area (Å²) in [5, 5.41) is 31.0. The van der Waals surface area contributed by atoms with Gasteiger partial charge in [0.05, 0.1) is 14.2 Å². The largest absolute Gasteiger partial charge is 0.681 e. The van der Waals surface area contributed by atoms with Crippen molar-refractivity contribution in [1.82, 2.24) is 30.4 Å². The predicted octanol–water partition coefficient (Wildman–Crippen LogP) is 7.40. The van der Waals surface area contributed by atoms with Crippen LogP contribution in [0.2, 0.25) is 0 Å². The zero-order valence-corrected chi connectivity index (χ0v) is 41.7. The monoisotopic (exact) mass is 990 g/mol. The molecule has 6 rings (SSSR count). The van der Waals surface area contributed by atoms with E-state index in [4.69, 9.17) is 0 Å². The molecule has 20 heteroatoms. The number of nitrogens with two attached hydrogens (primary N) is 2. The third kappa shape index (κ3) is 47.1. The van der Waals surface area contributed by atoms with E-state index >= 15 is 0 Å². The number of nitrogens with zero attached hydrogens (tertiary/aromatic N) is 8. The molecule has 0 unspecified atom stereocenters. The number of rotatable bonds is 8. The molecular formula is C38H56N10O6S2Y2-4. The fourth-order valence-corrected chi connectivity index (χ4v) is 2.90. The molecule has 0 aliphatic heterocycles. The summed E-state index contributed by atoms with van der Waals surface area (Å²) in [5.74, 6) is 0. The maximum absolute atomic E-state index is 9.56. The molecule has 316 valence electrons.